The van der Waals surface area contributed by atoms with Crippen molar-refractivity contribution in [3.8, 4) is 0 Å². The average molecular weight is 291 g/mol. The molecule has 0 aromatic carbocycles. The highest BCUT2D eigenvalue weighted by atomic mass is 16.1. The van der Waals surface area contributed by atoms with E-state index in [9.17, 15) is 4.79 Å². The molecular formula is C15H25N5O. The molecule has 6 nitrogen and oxygen atoms in total. The number of piperazine rings is 1. The van der Waals surface area contributed by atoms with Crippen molar-refractivity contribution >= 4 is 18.2 Å². The molecule has 1 amide bonds. The first-order chi connectivity index (χ1) is 10.2. The number of anilines is 2. The number of aryl methyl sites for hydroxylation is 1. The number of nitrogens with one attached hydrogen (secondary N) is 1. The van der Waals surface area contributed by atoms with Crippen molar-refractivity contribution < 1.29 is 4.79 Å². The van der Waals surface area contributed by atoms with E-state index in [1.54, 1.807) is 4.90 Å². The third-order valence-corrected chi connectivity index (χ3v) is 3.68. The van der Waals surface area contributed by atoms with Gasteiger partial charge in [-0.2, -0.15) is 4.98 Å². The van der Waals surface area contributed by atoms with Gasteiger partial charge in [-0.25, -0.2) is 4.98 Å². The summed E-state index contributed by atoms with van der Waals surface area (Å²) in [5.74, 6) is 1.66. The van der Waals surface area contributed by atoms with Crippen LogP contribution in [0.2, 0.25) is 0 Å². The molecule has 1 aromatic rings. The quantitative estimate of drug-likeness (QED) is 0.611. The van der Waals surface area contributed by atoms with Gasteiger partial charge in [-0.3, -0.25) is 4.79 Å². The number of carbonyl (C=O) groups excluding carboxylic acids is 1. The van der Waals surface area contributed by atoms with Crippen LogP contribution in [0, 0.1) is 6.92 Å². The summed E-state index contributed by atoms with van der Waals surface area (Å²) in [6.07, 6.45) is 4.52. The Morgan fingerprint density at radius 2 is 2.00 bits per heavy atom. The maximum absolute atomic E-state index is 10.7. The van der Waals surface area contributed by atoms with Crippen molar-refractivity contribution in [1.29, 1.82) is 0 Å². The topological polar surface area (TPSA) is 61.4 Å². The minimum Gasteiger partial charge on any atom is -0.370 e. The summed E-state index contributed by atoms with van der Waals surface area (Å²) in [7, 11) is 0. The second-order valence-corrected chi connectivity index (χ2v) is 5.46. The van der Waals surface area contributed by atoms with E-state index in [1.165, 1.54) is 12.8 Å². The summed E-state index contributed by atoms with van der Waals surface area (Å²) >= 11 is 0. The van der Waals surface area contributed by atoms with Crippen LogP contribution in [0.25, 0.3) is 0 Å². The number of carbonyl (C=O) groups is 1. The fourth-order valence-corrected chi connectivity index (χ4v) is 2.40. The Balaban J connectivity index is 1.96. The van der Waals surface area contributed by atoms with Crippen LogP contribution in [0.3, 0.4) is 0 Å². The largest absolute Gasteiger partial charge is 0.370 e. The molecule has 1 aliphatic heterocycles. The smallest absolute Gasteiger partial charge is 0.227 e. The summed E-state index contributed by atoms with van der Waals surface area (Å²) in [5.41, 5.74) is 0.968. The van der Waals surface area contributed by atoms with Crippen molar-refractivity contribution in [2.24, 2.45) is 0 Å². The van der Waals surface area contributed by atoms with Crippen LogP contribution in [0.4, 0.5) is 11.8 Å². The van der Waals surface area contributed by atoms with Gasteiger partial charge < -0.3 is 15.1 Å². The lowest BCUT2D eigenvalue weighted by atomic mass is 10.2. The second-order valence-electron chi connectivity index (χ2n) is 5.46. The van der Waals surface area contributed by atoms with Crippen LogP contribution in [-0.4, -0.2) is 54.0 Å². The molecule has 0 unspecified atom stereocenters. The number of rotatable bonds is 7. The zero-order chi connectivity index (χ0) is 15.1. The van der Waals surface area contributed by atoms with Gasteiger partial charge in [0.25, 0.3) is 0 Å². The zero-order valence-corrected chi connectivity index (χ0v) is 13.0. The predicted octanol–water partition coefficient (Wildman–Crippen LogP) is 1.67. The molecule has 21 heavy (non-hydrogen) atoms. The Morgan fingerprint density at radius 3 is 2.67 bits per heavy atom. The molecule has 0 aliphatic carbocycles. The highest BCUT2D eigenvalue weighted by Gasteiger charge is 2.18. The monoisotopic (exact) mass is 291 g/mol. The van der Waals surface area contributed by atoms with Crippen molar-refractivity contribution in [3.63, 3.8) is 0 Å². The lowest BCUT2D eigenvalue weighted by Gasteiger charge is -2.32. The van der Waals surface area contributed by atoms with E-state index in [4.69, 9.17) is 0 Å². The number of hydrogen-bond donors (Lipinski definition) is 1. The number of aromatic nitrogens is 2. The molecule has 116 valence electrons. The van der Waals surface area contributed by atoms with Crippen LogP contribution in [-0.2, 0) is 4.79 Å². The molecule has 1 saturated heterocycles. The fourth-order valence-electron chi connectivity index (χ4n) is 2.40. The van der Waals surface area contributed by atoms with Gasteiger partial charge in [0.2, 0.25) is 12.4 Å². The predicted molar refractivity (Wildman–Crippen MR) is 84.6 cm³/mol. The van der Waals surface area contributed by atoms with Gasteiger partial charge in [-0.1, -0.05) is 19.8 Å². The Bertz CT molecular complexity index is 457. The summed E-state index contributed by atoms with van der Waals surface area (Å²) < 4.78 is 0. The standard InChI is InChI=1S/C15H25N5O/c1-3-4-5-6-16-14-11-13(2)17-15(18-14)20-9-7-19(12-21)8-10-20/h11-12H,3-10H2,1-2H3,(H,16,17,18). The van der Waals surface area contributed by atoms with Crippen molar-refractivity contribution in [2.45, 2.75) is 33.1 Å². The summed E-state index contributed by atoms with van der Waals surface area (Å²) in [6.45, 7) is 8.19. The molecule has 0 radical (unpaired) electrons. The molecular weight excluding hydrogens is 266 g/mol. The molecule has 1 N–H and O–H groups in total. The maximum atomic E-state index is 10.7. The molecule has 2 rings (SSSR count). The SMILES string of the molecule is CCCCCNc1cc(C)nc(N2CCN(C=O)CC2)n1. The van der Waals surface area contributed by atoms with Gasteiger partial charge in [0.15, 0.2) is 0 Å². The molecule has 1 aromatic heterocycles. The minimum absolute atomic E-state index is 0.736. The molecule has 0 saturated carbocycles. The first-order valence-electron chi connectivity index (χ1n) is 7.76. The lowest BCUT2D eigenvalue weighted by molar-refractivity contribution is -0.118. The van der Waals surface area contributed by atoms with Gasteiger partial charge >= 0.3 is 0 Å². The summed E-state index contributed by atoms with van der Waals surface area (Å²) in [4.78, 5) is 23.8. The Morgan fingerprint density at radius 1 is 1.24 bits per heavy atom. The molecule has 0 atom stereocenters. The molecule has 1 aliphatic rings. The minimum atomic E-state index is 0.736. The van der Waals surface area contributed by atoms with E-state index in [0.717, 1.165) is 63.0 Å². The Hall–Kier alpha value is -1.85. The Kier molecular flexibility index (Phi) is 5.78. The van der Waals surface area contributed by atoms with Gasteiger partial charge in [0.05, 0.1) is 0 Å². The van der Waals surface area contributed by atoms with E-state index < -0.39 is 0 Å². The van der Waals surface area contributed by atoms with Gasteiger partial charge in [-0.15, -0.1) is 0 Å². The van der Waals surface area contributed by atoms with E-state index in [2.05, 4.69) is 27.1 Å². The van der Waals surface area contributed by atoms with Gasteiger partial charge in [0, 0.05) is 44.5 Å². The second kappa shape index (κ2) is 7.81. The van der Waals surface area contributed by atoms with Crippen LogP contribution in [0.15, 0.2) is 6.07 Å². The summed E-state index contributed by atoms with van der Waals surface area (Å²) in [6, 6.07) is 1.98. The molecule has 2 heterocycles. The van der Waals surface area contributed by atoms with Crippen molar-refractivity contribution in [1.82, 2.24) is 14.9 Å². The third-order valence-electron chi connectivity index (χ3n) is 3.68. The third kappa shape index (κ3) is 4.58. The van der Waals surface area contributed by atoms with E-state index in [0.29, 0.717) is 0 Å². The lowest BCUT2D eigenvalue weighted by Crippen LogP contribution is -2.46. The van der Waals surface area contributed by atoms with E-state index >= 15 is 0 Å². The number of hydrogen-bond acceptors (Lipinski definition) is 5. The highest BCUT2D eigenvalue weighted by Crippen LogP contribution is 2.15. The molecule has 0 bridgehead atoms. The number of amides is 1. The summed E-state index contributed by atoms with van der Waals surface area (Å²) in [5, 5.41) is 3.38. The van der Waals surface area contributed by atoms with Gasteiger partial charge in [-0.05, 0) is 13.3 Å². The normalized spacial score (nSPS) is 15.1. The van der Waals surface area contributed by atoms with Crippen LogP contribution >= 0.6 is 0 Å². The van der Waals surface area contributed by atoms with Crippen LogP contribution in [0.1, 0.15) is 31.9 Å². The zero-order valence-electron chi connectivity index (χ0n) is 13.0. The van der Waals surface area contributed by atoms with Crippen molar-refractivity contribution in [3.05, 3.63) is 11.8 Å². The molecule has 6 heteroatoms. The fraction of sp³-hybridized carbons (Fsp3) is 0.667. The average Bonchev–Trinajstić information content (AvgIpc) is 2.51. The van der Waals surface area contributed by atoms with E-state index in [1.807, 2.05) is 13.0 Å². The first kappa shape index (κ1) is 15.5. The van der Waals surface area contributed by atoms with Crippen molar-refractivity contribution in [2.75, 3.05) is 42.9 Å². The number of nitrogens with zero attached hydrogens (tertiary/aromatic N) is 4. The van der Waals surface area contributed by atoms with Gasteiger partial charge in [0.1, 0.15) is 5.82 Å². The molecule has 1 fully saturated rings. The Labute approximate surface area is 126 Å². The van der Waals surface area contributed by atoms with Crippen LogP contribution < -0.4 is 10.2 Å². The first-order valence-corrected chi connectivity index (χ1v) is 7.76. The highest BCUT2D eigenvalue weighted by molar-refractivity contribution is 5.49. The number of unbranched alkanes of at least 4 members (excludes halogenated alkanes) is 2. The van der Waals surface area contributed by atoms with Crippen LogP contribution in [0.5, 0.6) is 0 Å². The maximum Gasteiger partial charge on any atom is 0.227 e. The van der Waals surface area contributed by atoms with E-state index in [-0.39, 0.29) is 0 Å². The molecule has 0 spiro atoms.